The molecule has 1 aromatic heterocycles. The monoisotopic (exact) mass is 431 g/mol. The molecule has 2 aromatic rings. The van der Waals surface area contributed by atoms with E-state index in [1.165, 1.54) is 15.3 Å². The van der Waals surface area contributed by atoms with Gasteiger partial charge in [0.15, 0.2) is 6.54 Å². The lowest BCUT2D eigenvalue weighted by Gasteiger charge is -2.33. The first-order valence-electron chi connectivity index (χ1n) is 10.9. The number of hydrogen-bond acceptors (Lipinski definition) is 4. The van der Waals surface area contributed by atoms with Gasteiger partial charge >= 0.3 is 0 Å². The van der Waals surface area contributed by atoms with E-state index in [-0.39, 0.29) is 0 Å². The highest BCUT2D eigenvalue weighted by molar-refractivity contribution is 7.09. The predicted molar refractivity (Wildman–Crippen MR) is 118 cm³/mol. The Labute approximate surface area is 183 Å². The van der Waals surface area contributed by atoms with Crippen molar-refractivity contribution in [2.24, 2.45) is 0 Å². The molecule has 2 aliphatic heterocycles. The number of ether oxygens (including phenoxy) is 2. The Hall–Kier alpha value is -2.09. The molecular formula is C23H33N3O3S+2. The van der Waals surface area contributed by atoms with Gasteiger partial charge < -0.3 is 24.2 Å². The van der Waals surface area contributed by atoms with E-state index in [4.69, 9.17) is 9.47 Å². The van der Waals surface area contributed by atoms with E-state index in [1.54, 1.807) is 19.1 Å². The Bertz CT molecular complexity index is 834. The maximum Gasteiger partial charge on any atom is 0.278 e. The number of quaternary nitrogens is 2. The highest BCUT2D eigenvalue weighted by atomic mass is 32.1. The number of piperazine rings is 1. The largest absolute Gasteiger partial charge is 0.497 e. The summed E-state index contributed by atoms with van der Waals surface area (Å²) in [6.45, 7) is 6.49. The Morgan fingerprint density at radius 1 is 1.17 bits per heavy atom. The fraction of sp³-hybridized carbons (Fsp3) is 0.522. The predicted octanol–water partition coefficient (Wildman–Crippen LogP) is 0.412. The van der Waals surface area contributed by atoms with Crippen LogP contribution in [0.4, 0.5) is 0 Å². The maximum atomic E-state index is 13.1. The van der Waals surface area contributed by atoms with E-state index in [0.29, 0.717) is 18.5 Å². The quantitative estimate of drug-likeness (QED) is 0.668. The summed E-state index contributed by atoms with van der Waals surface area (Å²) in [6.07, 6.45) is 2.23. The fourth-order valence-electron chi connectivity index (χ4n) is 4.82. The number of nitrogens with one attached hydrogen (secondary N) is 2. The molecule has 4 rings (SSSR count). The number of amides is 1. The summed E-state index contributed by atoms with van der Waals surface area (Å²) in [5.41, 5.74) is 1.18. The van der Waals surface area contributed by atoms with E-state index in [0.717, 1.165) is 63.6 Å². The zero-order chi connectivity index (χ0) is 20.9. The van der Waals surface area contributed by atoms with Crippen molar-refractivity contribution in [3.63, 3.8) is 0 Å². The Morgan fingerprint density at radius 2 is 2.00 bits per heavy atom. The first kappa shape index (κ1) is 21.2. The lowest BCUT2D eigenvalue weighted by atomic mass is 10.0. The summed E-state index contributed by atoms with van der Waals surface area (Å²) in [5, 5.41) is 2.14. The molecule has 2 saturated heterocycles. The highest BCUT2D eigenvalue weighted by Gasteiger charge is 2.35. The number of carbonyl (C=O) groups excluding carboxylic acids is 1. The van der Waals surface area contributed by atoms with Crippen LogP contribution in [0.25, 0.3) is 0 Å². The lowest BCUT2D eigenvalue weighted by molar-refractivity contribution is -0.918. The van der Waals surface area contributed by atoms with Crippen LogP contribution in [0.15, 0.2) is 35.7 Å². The second-order valence-electron chi connectivity index (χ2n) is 8.27. The van der Waals surface area contributed by atoms with Crippen molar-refractivity contribution in [3.05, 3.63) is 46.2 Å². The normalized spacial score (nSPS) is 22.3. The molecule has 1 aromatic carbocycles. The Balaban J connectivity index is 1.34. The van der Waals surface area contributed by atoms with Crippen molar-refractivity contribution < 1.29 is 24.1 Å². The summed E-state index contributed by atoms with van der Waals surface area (Å²) < 4.78 is 11.0. The molecule has 2 aliphatic rings. The number of hydrogen-bond donors (Lipinski definition) is 2. The van der Waals surface area contributed by atoms with Gasteiger partial charge in [-0.25, -0.2) is 0 Å². The molecule has 1 amide bonds. The SMILES string of the molecule is COc1ccc([C@@H]2CCC[NH+]2CC(=O)N2CC[NH+](Cc3cccs3)CC2)c(OC)c1. The van der Waals surface area contributed by atoms with Crippen LogP contribution in [0.5, 0.6) is 11.5 Å². The van der Waals surface area contributed by atoms with E-state index >= 15 is 0 Å². The topological polar surface area (TPSA) is 47.7 Å². The van der Waals surface area contributed by atoms with Crippen LogP contribution in [0, 0.1) is 0 Å². The van der Waals surface area contributed by atoms with Crippen molar-refractivity contribution in [1.29, 1.82) is 0 Å². The van der Waals surface area contributed by atoms with Crippen LogP contribution in [-0.4, -0.2) is 64.3 Å². The van der Waals surface area contributed by atoms with Crippen molar-refractivity contribution >= 4 is 17.2 Å². The average molecular weight is 432 g/mol. The molecule has 6 nitrogen and oxygen atoms in total. The summed E-state index contributed by atoms with van der Waals surface area (Å²) in [5.74, 6) is 1.95. The van der Waals surface area contributed by atoms with Gasteiger partial charge in [0.05, 0.1) is 57.4 Å². The van der Waals surface area contributed by atoms with Gasteiger partial charge in [0.2, 0.25) is 0 Å². The number of benzene rings is 1. The molecular weight excluding hydrogens is 398 g/mol. The molecule has 0 spiro atoms. The number of likely N-dealkylation sites (tertiary alicyclic amines) is 1. The molecule has 0 radical (unpaired) electrons. The summed E-state index contributed by atoms with van der Waals surface area (Å²) in [7, 11) is 3.37. The van der Waals surface area contributed by atoms with Crippen molar-refractivity contribution in [3.8, 4) is 11.5 Å². The number of thiophene rings is 1. The molecule has 0 aliphatic carbocycles. The van der Waals surface area contributed by atoms with E-state index in [1.807, 2.05) is 23.5 Å². The average Bonchev–Trinajstić information content (AvgIpc) is 3.46. The molecule has 30 heavy (non-hydrogen) atoms. The zero-order valence-electron chi connectivity index (χ0n) is 18.0. The van der Waals surface area contributed by atoms with E-state index in [2.05, 4.69) is 28.5 Å². The molecule has 0 bridgehead atoms. The van der Waals surface area contributed by atoms with E-state index < -0.39 is 0 Å². The fourth-order valence-corrected chi connectivity index (χ4v) is 5.60. The standard InChI is InChI=1S/C23H31N3O3S/c1-28-18-7-8-20(22(15-18)29-2)21-6-3-9-26(21)17-23(27)25-12-10-24(11-13-25)16-19-5-4-14-30-19/h4-5,7-8,14-15,21H,3,6,9-13,16-17H2,1-2H3/p+2/t21-/m0/s1. The van der Waals surface area contributed by atoms with Crippen LogP contribution in [0.3, 0.4) is 0 Å². The van der Waals surface area contributed by atoms with Gasteiger partial charge in [-0.3, -0.25) is 4.79 Å². The molecule has 162 valence electrons. The van der Waals surface area contributed by atoms with Crippen LogP contribution in [0.2, 0.25) is 0 Å². The second kappa shape index (κ2) is 9.81. The molecule has 3 heterocycles. The third-order valence-electron chi connectivity index (χ3n) is 6.51. The third-order valence-corrected chi connectivity index (χ3v) is 7.38. The minimum atomic E-state index is 0.291. The van der Waals surface area contributed by atoms with Gasteiger partial charge in [0.25, 0.3) is 5.91 Å². The van der Waals surface area contributed by atoms with Crippen molar-refractivity contribution in [1.82, 2.24) is 4.90 Å². The Morgan fingerprint density at radius 3 is 2.70 bits per heavy atom. The van der Waals surface area contributed by atoms with Gasteiger partial charge in [-0.1, -0.05) is 6.07 Å². The molecule has 2 N–H and O–H groups in total. The number of methoxy groups -OCH3 is 2. The van der Waals surface area contributed by atoms with Crippen LogP contribution in [-0.2, 0) is 11.3 Å². The van der Waals surface area contributed by atoms with Gasteiger partial charge in [0.1, 0.15) is 24.1 Å². The smallest absolute Gasteiger partial charge is 0.278 e. The number of carbonyl (C=O) groups is 1. The van der Waals surface area contributed by atoms with Gasteiger partial charge in [-0.05, 0) is 23.6 Å². The summed E-state index contributed by atoms with van der Waals surface area (Å²) in [6, 6.07) is 10.7. The molecule has 1 unspecified atom stereocenters. The Kier molecular flexibility index (Phi) is 6.92. The number of rotatable bonds is 7. The van der Waals surface area contributed by atoms with Gasteiger partial charge in [-0.15, -0.1) is 11.3 Å². The second-order valence-corrected chi connectivity index (χ2v) is 9.31. The van der Waals surface area contributed by atoms with Gasteiger partial charge in [0, 0.05) is 18.9 Å². The molecule has 7 heteroatoms. The van der Waals surface area contributed by atoms with Crippen LogP contribution < -0.4 is 19.3 Å². The van der Waals surface area contributed by atoms with E-state index in [9.17, 15) is 4.79 Å². The van der Waals surface area contributed by atoms with Crippen LogP contribution >= 0.6 is 11.3 Å². The zero-order valence-corrected chi connectivity index (χ0v) is 18.8. The first-order valence-corrected chi connectivity index (χ1v) is 11.8. The lowest BCUT2D eigenvalue weighted by Crippen LogP contribution is -3.14. The minimum absolute atomic E-state index is 0.291. The third kappa shape index (κ3) is 4.79. The molecule has 2 fully saturated rings. The van der Waals surface area contributed by atoms with Gasteiger partial charge in [-0.2, -0.15) is 0 Å². The minimum Gasteiger partial charge on any atom is -0.497 e. The number of nitrogens with zero attached hydrogens (tertiary/aromatic N) is 1. The summed E-state index contributed by atoms with van der Waals surface area (Å²) in [4.78, 5) is 19.5. The molecule has 2 atom stereocenters. The summed E-state index contributed by atoms with van der Waals surface area (Å²) >= 11 is 1.83. The van der Waals surface area contributed by atoms with Crippen molar-refractivity contribution in [2.75, 3.05) is 53.5 Å². The first-order chi connectivity index (χ1) is 14.7. The van der Waals surface area contributed by atoms with Crippen LogP contribution in [0.1, 0.15) is 29.3 Å². The van der Waals surface area contributed by atoms with Crippen molar-refractivity contribution in [2.45, 2.75) is 25.4 Å². The highest BCUT2D eigenvalue weighted by Crippen LogP contribution is 2.31. The molecule has 0 saturated carbocycles. The maximum absolute atomic E-state index is 13.1.